The average molecular weight is 265 g/mol. The average Bonchev–Trinajstić information content (AvgIpc) is 2.86. The minimum absolute atomic E-state index is 0.0658. The van der Waals surface area contributed by atoms with E-state index in [1.807, 2.05) is 6.07 Å². The van der Waals surface area contributed by atoms with Crippen molar-refractivity contribution in [1.29, 1.82) is 0 Å². The summed E-state index contributed by atoms with van der Waals surface area (Å²) < 4.78 is 10.5. The van der Waals surface area contributed by atoms with E-state index in [9.17, 15) is 5.11 Å². The van der Waals surface area contributed by atoms with Gasteiger partial charge >= 0.3 is 0 Å². The molecule has 1 aliphatic rings. The molecule has 0 aliphatic carbocycles. The lowest BCUT2D eigenvalue weighted by Gasteiger charge is -2.26. The zero-order valence-corrected chi connectivity index (χ0v) is 11.7. The zero-order valence-electron chi connectivity index (χ0n) is 11.7. The summed E-state index contributed by atoms with van der Waals surface area (Å²) in [5.74, 6) is 0. The first kappa shape index (κ1) is 14.5. The second-order valence-corrected chi connectivity index (χ2v) is 5.09. The fraction of sp³-hybridized carbons (Fsp3) is 0.600. The largest absolute Gasteiger partial charge is 0.394 e. The molecule has 2 atom stereocenters. The number of ether oxygens (including phenoxy) is 2. The van der Waals surface area contributed by atoms with Gasteiger partial charge in [0, 0.05) is 20.2 Å². The molecule has 0 bridgehead atoms. The number of hydrogen-bond donors (Lipinski definition) is 1. The number of nitrogens with zero attached hydrogens (tertiary/aromatic N) is 1. The van der Waals surface area contributed by atoms with Gasteiger partial charge in [0.05, 0.1) is 18.8 Å². The molecular formula is C15H23NO3. The number of rotatable bonds is 6. The first-order valence-electron chi connectivity index (χ1n) is 6.76. The van der Waals surface area contributed by atoms with Crippen molar-refractivity contribution >= 4 is 0 Å². The summed E-state index contributed by atoms with van der Waals surface area (Å²) >= 11 is 0. The van der Waals surface area contributed by atoms with Crippen molar-refractivity contribution in [2.24, 2.45) is 0 Å². The van der Waals surface area contributed by atoms with Gasteiger partial charge in [0.25, 0.3) is 0 Å². The number of likely N-dealkylation sites (tertiary alicyclic amines) is 1. The highest BCUT2D eigenvalue weighted by atomic mass is 16.7. The van der Waals surface area contributed by atoms with Gasteiger partial charge in [0.15, 0.2) is 0 Å². The summed E-state index contributed by atoms with van der Waals surface area (Å²) in [5, 5.41) is 9.69. The maximum Gasteiger partial charge on any atom is 0.146 e. The van der Waals surface area contributed by atoms with Crippen molar-refractivity contribution in [3.63, 3.8) is 0 Å². The molecule has 4 nitrogen and oxygen atoms in total. The van der Waals surface area contributed by atoms with E-state index >= 15 is 0 Å². The molecule has 0 amide bonds. The van der Waals surface area contributed by atoms with Gasteiger partial charge in [-0.25, -0.2) is 0 Å². The van der Waals surface area contributed by atoms with E-state index in [-0.39, 0.29) is 18.8 Å². The third-order valence-corrected chi connectivity index (χ3v) is 3.64. The second-order valence-electron chi connectivity index (χ2n) is 5.09. The summed E-state index contributed by atoms with van der Waals surface area (Å²) in [6, 6.07) is 8.41. The number of aliphatic hydroxyl groups excluding tert-OH is 1. The van der Waals surface area contributed by atoms with Crippen LogP contribution in [0.5, 0.6) is 0 Å². The molecule has 0 saturated carbocycles. The predicted octanol–water partition coefficient (Wildman–Crippen LogP) is 1.72. The van der Waals surface area contributed by atoms with Crippen molar-refractivity contribution in [2.75, 3.05) is 33.6 Å². The maximum atomic E-state index is 9.69. The molecular weight excluding hydrogens is 242 g/mol. The Balaban J connectivity index is 1.99. The van der Waals surface area contributed by atoms with Gasteiger partial charge in [0.2, 0.25) is 0 Å². The van der Waals surface area contributed by atoms with Crippen LogP contribution in [-0.2, 0) is 9.47 Å². The van der Waals surface area contributed by atoms with Crippen molar-refractivity contribution in [2.45, 2.75) is 25.5 Å². The van der Waals surface area contributed by atoms with Gasteiger partial charge in [0.1, 0.15) is 6.79 Å². The molecule has 1 fully saturated rings. The van der Waals surface area contributed by atoms with Crippen LogP contribution in [0.1, 0.15) is 23.6 Å². The van der Waals surface area contributed by atoms with Crippen LogP contribution in [0, 0.1) is 6.92 Å². The smallest absolute Gasteiger partial charge is 0.146 e. The van der Waals surface area contributed by atoms with Gasteiger partial charge in [-0.2, -0.15) is 0 Å². The molecule has 1 heterocycles. The molecule has 2 rings (SSSR count). The number of benzene rings is 1. The quantitative estimate of drug-likeness (QED) is 0.795. The Kier molecular flexibility index (Phi) is 5.34. The van der Waals surface area contributed by atoms with Crippen molar-refractivity contribution in [3.05, 3.63) is 35.4 Å². The van der Waals surface area contributed by atoms with Crippen LogP contribution < -0.4 is 0 Å². The molecule has 4 heteroatoms. The summed E-state index contributed by atoms with van der Waals surface area (Å²) in [5.41, 5.74) is 2.40. The first-order chi connectivity index (χ1) is 9.24. The molecule has 2 unspecified atom stereocenters. The lowest BCUT2D eigenvalue weighted by Crippen LogP contribution is -2.30. The molecule has 0 aromatic heterocycles. The van der Waals surface area contributed by atoms with E-state index in [0.29, 0.717) is 6.79 Å². The van der Waals surface area contributed by atoms with Crippen molar-refractivity contribution in [3.8, 4) is 0 Å². The Morgan fingerprint density at radius 1 is 1.47 bits per heavy atom. The van der Waals surface area contributed by atoms with E-state index in [4.69, 9.17) is 9.47 Å². The van der Waals surface area contributed by atoms with Crippen LogP contribution in [0.3, 0.4) is 0 Å². The number of aryl methyl sites for hydroxylation is 1. The molecule has 1 aromatic carbocycles. The summed E-state index contributed by atoms with van der Waals surface area (Å²) in [4.78, 5) is 2.29. The third kappa shape index (κ3) is 3.76. The molecule has 19 heavy (non-hydrogen) atoms. The SMILES string of the molecule is COCOC1CCN(C(CO)c2cccc(C)c2)C1. The molecule has 0 spiro atoms. The fourth-order valence-electron chi connectivity index (χ4n) is 2.65. The maximum absolute atomic E-state index is 9.69. The molecule has 1 N–H and O–H groups in total. The Morgan fingerprint density at radius 3 is 3.00 bits per heavy atom. The van der Waals surface area contributed by atoms with Crippen LogP contribution >= 0.6 is 0 Å². The Labute approximate surface area is 114 Å². The van der Waals surface area contributed by atoms with Crippen LogP contribution in [0.25, 0.3) is 0 Å². The predicted molar refractivity (Wildman–Crippen MR) is 73.9 cm³/mol. The minimum atomic E-state index is 0.0658. The van der Waals surface area contributed by atoms with Crippen LogP contribution in [0.2, 0.25) is 0 Å². The van der Waals surface area contributed by atoms with E-state index < -0.39 is 0 Å². The van der Waals surface area contributed by atoms with Gasteiger partial charge in [-0.3, -0.25) is 4.90 Å². The summed E-state index contributed by atoms with van der Waals surface area (Å²) in [6.07, 6.45) is 1.20. The highest BCUT2D eigenvalue weighted by Gasteiger charge is 2.29. The van der Waals surface area contributed by atoms with Crippen molar-refractivity contribution < 1.29 is 14.6 Å². The first-order valence-corrected chi connectivity index (χ1v) is 6.76. The Bertz CT molecular complexity index is 397. The molecule has 1 saturated heterocycles. The Hall–Kier alpha value is -0.940. The van der Waals surface area contributed by atoms with Gasteiger partial charge in [-0.05, 0) is 18.9 Å². The van der Waals surface area contributed by atoms with E-state index in [1.54, 1.807) is 7.11 Å². The summed E-state index contributed by atoms with van der Waals surface area (Å²) in [7, 11) is 1.63. The lowest BCUT2D eigenvalue weighted by atomic mass is 10.0. The van der Waals surface area contributed by atoms with E-state index in [0.717, 1.165) is 19.5 Å². The molecule has 0 radical (unpaired) electrons. The molecule has 1 aliphatic heterocycles. The number of aliphatic hydroxyl groups is 1. The topological polar surface area (TPSA) is 41.9 Å². The Morgan fingerprint density at radius 2 is 2.32 bits per heavy atom. The van der Waals surface area contributed by atoms with Gasteiger partial charge in [-0.15, -0.1) is 0 Å². The second kappa shape index (κ2) is 7.01. The third-order valence-electron chi connectivity index (χ3n) is 3.64. The molecule has 106 valence electrons. The summed E-state index contributed by atoms with van der Waals surface area (Å²) in [6.45, 7) is 4.36. The van der Waals surface area contributed by atoms with Gasteiger partial charge < -0.3 is 14.6 Å². The zero-order chi connectivity index (χ0) is 13.7. The van der Waals surface area contributed by atoms with Crippen LogP contribution in [0.15, 0.2) is 24.3 Å². The van der Waals surface area contributed by atoms with Crippen LogP contribution in [-0.4, -0.2) is 49.7 Å². The molecule has 1 aromatic rings. The monoisotopic (exact) mass is 265 g/mol. The number of methoxy groups -OCH3 is 1. The minimum Gasteiger partial charge on any atom is -0.394 e. The normalized spacial score (nSPS) is 21.7. The van der Waals surface area contributed by atoms with E-state index in [2.05, 4.69) is 30.0 Å². The highest BCUT2D eigenvalue weighted by Crippen LogP contribution is 2.26. The van der Waals surface area contributed by atoms with Crippen molar-refractivity contribution in [1.82, 2.24) is 4.90 Å². The standard InChI is InChI=1S/C15H23NO3/c1-12-4-3-5-13(8-12)15(10-17)16-7-6-14(9-16)19-11-18-2/h3-5,8,14-15,17H,6-7,9-11H2,1-2H3. The number of hydrogen-bond acceptors (Lipinski definition) is 4. The van der Waals surface area contributed by atoms with Gasteiger partial charge in [-0.1, -0.05) is 29.8 Å². The van der Waals surface area contributed by atoms with E-state index in [1.165, 1.54) is 11.1 Å². The lowest BCUT2D eigenvalue weighted by molar-refractivity contribution is -0.0684. The van der Waals surface area contributed by atoms with Crippen LogP contribution in [0.4, 0.5) is 0 Å². The fourth-order valence-corrected chi connectivity index (χ4v) is 2.65. The highest BCUT2D eigenvalue weighted by molar-refractivity contribution is 5.25.